The number of carbonyl (C=O) groups is 2. The van der Waals surface area contributed by atoms with Gasteiger partial charge in [0.1, 0.15) is 16.9 Å². The molecule has 0 fully saturated rings. The molecule has 0 spiro atoms. The fraction of sp³-hybridized carbons (Fsp3) is 0.0800. The van der Waals surface area contributed by atoms with E-state index in [4.69, 9.17) is 9.15 Å². The van der Waals surface area contributed by atoms with Crippen LogP contribution in [0.4, 0.5) is 11.4 Å². The van der Waals surface area contributed by atoms with Gasteiger partial charge in [-0.15, -0.1) is 0 Å². The average Bonchev–Trinajstić information content (AvgIpc) is 2.81. The third-order valence-corrected chi connectivity index (χ3v) is 5.23. The summed E-state index contributed by atoms with van der Waals surface area (Å²) < 4.78 is 10.8. The fourth-order valence-electron chi connectivity index (χ4n) is 3.64. The predicted octanol–water partition coefficient (Wildman–Crippen LogP) is 3.97. The number of fused-ring (bicyclic) bond motifs is 2. The summed E-state index contributed by atoms with van der Waals surface area (Å²) in [5.41, 5.74) is 1.66. The molecule has 0 radical (unpaired) electrons. The molecule has 0 atom stereocenters. The molecule has 7 nitrogen and oxygen atoms in total. The van der Waals surface area contributed by atoms with Crippen LogP contribution in [0, 0.1) is 0 Å². The minimum absolute atomic E-state index is 0.0918. The number of hydrogen-bond donors (Lipinski definition) is 1. The van der Waals surface area contributed by atoms with Gasteiger partial charge in [0.05, 0.1) is 12.2 Å². The van der Waals surface area contributed by atoms with E-state index in [0.29, 0.717) is 34.6 Å². The maximum Gasteiger partial charge on any atom is 0.349 e. The Balaban J connectivity index is 1.40. The predicted molar refractivity (Wildman–Crippen MR) is 120 cm³/mol. The van der Waals surface area contributed by atoms with E-state index >= 15 is 0 Å². The van der Waals surface area contributed by atoms with Crippen molar-refractivity contribution in [2.24, 2.45) is 0 Å². The minimum Gasteiger partial charge on any atom is -0.481 e. The molecular formula is C25H18N2O5. The molecule has 158 valence electrons. The van der Waals surface area contributed by atoms with Crippen LogP contribution in [0.5, 0.6) is 5.75 Å². The molecule has 3 aromatic carbocycles. The van der Waals surface area contributed by atoms with Crippen molar-refractivity contribution in [3.8, 4) is 5.75 Å². The highest BCUT2D eigenvalue weighted by atomic mass is 16.5. The van der Waals surface area contributed by atoms with Gasteiger partial charge in [-0.2, -0.15) is 0 Å². The number of anilines is 2. The Kier molecular flexibility index (Phi) is 4.91. The summed E-state index contributed by atoms with van der Waals surface area (Å²) in [5, 5.41) is 3.36. The van der Waals surface area contributed by atoms with Gasteiger partial charge in [-0.1, -0.05) is 48.5 Å². The molecule has 1 aliphatic heterocycles. The van der Waals surface area contributed by atoms with Crippen molar-refractivity contribution >= 4 is 34.2 Å². The second kappa shape index (κ2) is 8.03. The summed E-state index contributed by atoms with van der Waals surface area (Å²) in [4.78, 5) is 39.1. The van der Waals surface area contributed by atoms with Gasteiger partial charge in [0.2, 0.25) is 0 Å². The number of ether oxygens (including phenoxy) is 1. The number of nitrogens with one attached hydrogen (secondary N) is 1. The van der Waals surface area contributed by atoms with Gasteiger partial charge >= 0.3 is 5.63 Å². The smallest absolute Gasteiger partial charge is 0.349 e. The molecule has 2 heterocycles. The van der Waals surface area contributed by atoms with E-state index in [9.17, 15) is 14.4 Å². The lowest BCUT2D eigenvalue weighted by atomic mass is 10.1. The van der Waals surface area contributed by atoms with Gasteiger partial charge in [-0.25, -0.2) is 4.79 Å². The lowest BCUT2D eigenvalue weighted by molar-refractivity contribution is -0.121. The number of benzene rings is 3. The quantitative estimate of drug-likeness (QED) is 0.499. The van der Waals surface area contributed by atoms with Crippen LogP contribution in [0.15, 0.2) is 88.1 Å². The summed E-state index contributed by atoms with van der Waals surface area (Å²) in [6.07, 6.45) is 0. The van der Waals surface area contributed by atoms with Gasteiger partial charge in [0.25, 0.3) is 11.8 Å². The Morgan fingerprint density at radius 3 is 2.56 bits per heavy atom. The molecule has 32 heavy (non-hydrogen) atoms. The first-order chi connectivity index (χ1) is 15.6. The van der Waals surface area contributed by atoms with Crippen LogP contribution < -0.4 is 20.6 Å². The first-order valence-corrected chi connectivity index (χ1v) is 10.0. The normalized spacial score (nSPS) is 12.9. The molecule has 0 unspecified atom stereocenters. The molecule has 2 amide bonds. The van der Waals surface area contributed by atoms with E-state index in [0.717, 1.165) is 5.56 Å². The van der Waals surface area contributed by atoms with Crippen molar-refractivity contribution in [2.75, 3.05) is 16.8 Å². The number of carbonyl (C=O) groups excluding carboxylic acids is 2. The number of rotatable bonds is 4. The standard InChI is InChI=1S/C25H18N2O5/c28-23-15-31-22-13-18(10-11-20(22)27(23)14-16-6-2-1-3-7-16)26-24(29)19-12-17-8-4-5-9-21(17)32-25(19)30/h1-13H,14-15H2,(H,26,29). The summed E-state index contributed by atoms with van der Waals surface area (Å²) >= 11 is 0. The van der Waals surface area contributed by atoms with E-state index in [1.54, 1.807) is 47.4 Å². The van der Waals surface area contributed by atoms with Gasteiger partial charge < -0.3 is 19.4 Å². The van der Waals surface area contributed by atoms with Crippen molar-refractivity contribution in [3.05, 3.63) is 100 Å². The Morgan fingerprint density at radius 1 is 0.938 bits per heavy atom. The SMILES string of the molecule is O=C(Nc1ccc2c(c1)OCC(=O)N2Cc1ccccc1)c1cc2ccccc2oc1=O. The van der Waals surface area contributed by atoms with E-state index in [-0.39, 0.29) is 18.1 Å². The van der Waals surface area contributed by atoms with E-state index < -0.39 is 11.5 Å². The highest BCUT2D eigenvalue weighted by Crippen LogP contribution is 2.35. The molecule has 0 saturated heterocycles. The summed E-state index contributed by atoms with van der Waals surface area (Å²) in [6.45, 7) is 0.325. The molecule has 0 aliphatic carbocycles. The van der Waals surface area contributed by atoms with Crippen LogP contribution in [0.2, 0.25) is 0 Å². The van der Waals surface area contributed by atoms with Crippen LogP contribution in [0.25, 0.3) is 11.0 Å². The van der Waals surface area contributed by atoms with Crippen LogP contribution >= 0.6 is 0 Å². The Bertz CT molecular complexity index is 1390. The first kappa shape index (κ1) is 19.6. The average molecular weight is 426 g/mol. The van der Waals surface area contributed by atoms with Crippen molar-refractivity contribution in [2.45, 2.75) is 6.54 Å². The van der Waals surface area contributed by atoms with E-state index in [2.05, 4.69) is 5.32 Å². The number of para-hydroxylation sites is 1. The summed E-state index contributed by atoms with van der Waals surface area (Å²) in [5.74, 6) is -0.256. The minimum atomic E-state index is -0.713. The van der Waals surface area contributed by atoms with Crippen LogP contribution in [0.3, 0.4) is 0 Å². The van der Waals surface area contributed by atoms with Crippen LogP contribution in [0.1, 0.15) is 15.9 Å². The largest absolute Gasteiger partial charge is 0.481 e. The molecule has 5 rings (SSSR count). The topological polar surface area (TPSA) is 88.8 Å². The van der Waals surface area contributed by atoms with Crippen LogP contribution in [-0.4, -0.2) is 18.4 Å². The number of nitrogens with zero attached hydrogens (tertiary/aromatic N) is 1. The Hall–Kier alpha value is -4.39. The van der Waals surface area contributed by atoms with Gasteiger partial charge in [0.15, 0.2) is 6.61 Å². The molecular weight excluding hydrogens is 408 g/mol. The molecule has 4 aromatic rings. The first-order valence-electron chi connectivity index (χ1n) is 10.0. The van der Waals surface area contributed by atoms with E-state index in [1.165, 1.54) is 6.07 Å². The lowest BCUT2D eigenvalue weighted by Gasteiger charge is -2.29. The highest BCUT2D eigenvalue weighted by Gasteiger charge is 2.26. The molecule has 1 aromatic heterocycles. The molecule has 1 N–H and O–H groups in total. The van der Waals surface area contributed by atoms with Gasteiger partial charge in [-0.05, 0) is 29.8 Å². The highest BCUT2D eigenvalue weighted by molar-refractivity contribution is 6.06. The van der Waals surface area contributed by atoms with Crippen molar-refractivity contribution < 1.29 is 18.7 Å². The summed E-state index contributed by atoms with van der Waals surface area (Å²) in [7, 11) is 0. The molecule has 1 aliphatic rings. The van der Waals surface area contributed by atoms with Crippen molar-refractivity contribution in [3.63, 3.8) is 0 Å². The maximum atomic E-state index is 12.7. The second-order valence-corrected chi connectivity index (χ2v) is 7.38. The molecule has 7 heteroatoms. The van der Waals surface area contributed by atoms with Crippen molar-refractivity contribution in [1.82, 2.24) is 0 Å². The fourth-order valence-corrected chi connectivity index (χ4v) is 3.64. The van der Waals surface area contributed by atoms with Crippen molar-refractivity contribution in [1.29, 1.82) is 0 Å². The number of hydrogen-bond acceptors (Lipinski definition) is 5. The zero-order valence-electron chi connectivity index (χ0n) is 16.9. The third kappa shape index (κ3) is 3.72. The van der Waals surface area contributed by atoms with Crippen LogP contribution in [-0.2, 0) is 11.3 Å². The van der Waals surface area contributed by atoms with Gasteiger partial charge in [-0.3, -0.25) is 9.59 Å². The Morgan fingerprint density at radius 2 is 1.72 bits per heavy atom. The van der Waals surface area contributed by atoms with E-state index in [1.807, 2.05) is 30.3 Å². The zero-order valence-corrected chi connectivity index (χ0v) is 16.9. The summed E-state index contributed by atoms with van der Waals surface area (Å²) in [6, 6.07) is 23.2. The number of amides is 2. The maximum absolute atomic E-state index is 12.7. The third-order valence-electron chi connectivity index (χ3n) is 5.23. The lowest BCUT2D eigenvalue weighted by Crippen LogP contribution is -2.38. The Labute approximate surface area is 182 Å². The zero-order chi connectivity index (χ0) is 22.1. The molecule has 0 bridgehead atoms. The molecule has 0 saturated carbocycles. The second-order valence-electron chi connectivity index (χ2n) is 7.38. The monoisotopic (exact) mass is 426 g/mol. The van der Waals surface area contributed by atoms with Gasteiger partial charge in [0, 0.05) is 17.1 Å².